The fourth-order valence-electron chi connectivity index (χ4n) is 3.05. The molecule has 8 heteroatoms. The summed E-state index contributed by atoms with van der Waals surface area (Å²) in [6.45, 7) is 2.91. The summed E-state index contributed by atoms with van der Waals surface area (Å²) in [7, 11) is 1.62. The highest BCUT2D eigenvalue weighted by atomic mass is 32.1. The van der Waals surface area contributed by atoms with Gasteiger partial charge in [0.15, 0.2) is 5.76 Å². The first-order valence-electron chi connectivity index (χ1n) is 8.81. The van der Waals surface area contributed by atoms with E-state index in [-0.39, 0.29) is 11.7 Å². The van der Waals surface area contributed by atoms with Crippen LogP contribution in [-0.4, -0.2) is 41.2 Å². The number of nitrogens with one attached hydrogen (secondary N) is 1. The van der Waals surface area contributed by atoms with Crippen LogP contribution in [0.25, 0.3) is 10.6 Å². The molecule has 1 aromatic carbocycles. The van der Waals surface area contributed by atoms with Crippen LogP contribution in [0.15, 0.2) is 40.8 Å². The molecule has 3 heterocycles. The van der Waals surface area contributed by atoms with Gasteiger partial charge >= 0.3 is 0 Å². The molecule has 140 valence electrons. The van der Waals surface area contributed by atoms with E-state index in [2.05, 4.69) is 20.4 Å². The number of carbonyl (C=O) groups excluding carboxylic acids is 1. The molecule has 0 unspecified atom stereocenters. The van der Waals surface area contributed by atoms with Crippen LogP contribution in [0, 0.1) is 0 Å². The molecule has 1 fully saturated rings. The highest BCUT2D eigenvalue weighted by Crippen LogP contribution is 2.29. The van der Waals surface area contributed by atoms with Crippen LogP contribution >= 0.6 is 11.3 Å². The van der Waals surface area contributed by atoms with Gasteiger partial charge in [0.1, 0.15) is 16.5 Å². The number of ether oxygens (including phenoxy) is 1. The first-order chi connectivity index (χ1) is 13.2. The van der Waals surface area contributed by atoms with E-state index < -0.39 is 0 Å². The molecule has 1 saturated heterocycles. The van der Waals surface area contributed by atoms with Crippen molar-refractivity contribution >= 4 is 22.4 Å². The lowest BCUT2D eigenvalue weighted by Crippen LogP contribution is -2.18. The lowest BCUT2D eigenvalue weighted by atomic mass is 10.2. The Balaban J connectivity index is 1.41. The van der Waals surface area contributed by atoms with Gasteiger partial charge in [0, 0.05) is 5.56 Å². The number of benzene rings is 1. The van der Waals surface area contributed by atoms with Crippen molar-refractivity contribution in [2.24, 2.45) is 0 Å². The zero-order chi connectivity index (χ0) is 18.6. The number of hydrogen-bond donors (Lipinski definition) is 1. The monoisotopic (exact) mass is 384 g/mol. The molecule has 2 aromatic heterocycles. The number of furan rings is 1. The molecular weight excluding hydrogens is 364 g/mol. The van der Waals surface area contributed by atoms with Crippen molar-refractivity contribution in [3.05, 3.63) is 47.9 Å². The van der Waals surface area contributed by atoms with Gasteiger partial charge in [0.2, 0.25) is 5.13 Å². The quantitative estimate of drug-likeness (QED) is 0.699. The summed E-state index contributed by atoms with van der Waals surface area (Å²) in [6, 6.07) is 11.1. The van der Waals surface area contributed by atoms with Gasteiger partial charge in [-0.05, 0) is 50.2 Å². The summed E-state index contributed by atoms with van der Waals surface area (Å²) in [4.78, 5) is 14.7. The SMILES string of the molecule is COc1cccc(-c2nnc(NC(=O)c3ccc(CN4CCCC4)o3)s2)c1. The van der Waals surface area contributed by atoms with Gasteiger partial charge in [-0.2, -0.15) is 0 Å². The average molecular weight is 384 g/mol. The van der Waals surface area contributed by atoms with Gasteiger partial charge < -0.3 is 9.15 Å². The van der Waals surface area contributed by atoms with E-state index in [4.69, 9.17) is 9.15 Å². The summed E-state index contributed by atoms with van der Waals surface area (Å²) < 4.78 is 10.9. The Morgan fingerprint density at radius 3 is 2.93 bits per heavy atom. The highest BCUT2D eigenvalue weighted by Gasteiger charge is 2.17. The van der Waals surface area contributed by atoms with Crippen LogP contribution in [0.3, 0.4) is 0 Å². The van der Waals surface area contributed by atoms with Gasteiger partial charge in [-0.3, -0.25) is 15.0 Å². The summed E-state index contributed by atoms with van der Waals surface area (Å²) in [5.41, 5.74) is 0.887. The third-order valence-corrected chi connectivity index (χ3v) is 5.31. The summed E-state index contributed by atoms with van der Waals surface area (Å²) in [5.74, 6) is 1.50. The molecule has 1 aliphatic rings. The summed E-state index contributed by atoms with van der Waals surface area (Å²) >= 11 is 1.30. The van der Waals surface area contributed by atoms with E-state index in [1.807, 2.05) is 30.3 Å². The maximum Gasteiger partial charge on any atom is 0.293 e. The van der Waals surface area contributed by atoms with E-state index in [1.54, 1.807) is 13.2 Å². The summed E-state index contributed by atoms with van der Waals surface area (Å²) in [6.07, 6.45) is 2.45. The minimum absolute atomic E-state index is 0.280. The molecule has 7 nitrogen and oxygen atoms in total. The fourth-order valence-corrected chi connectivity index (χ4v) is 3.79. The molecule has 0 aliphatic carbocycles. The topological polar surface area (TPSA) is 80.5 Å². The largest absolute Gasteiger partial charge is 0.497 e. The summed E-state index contributed by atoms with van der Waals surface area (Å²) in [5, 5.41) is 12.1. The Morgan fingerprint density at radius 2 is 2.11 bits per heavy atom. The van der Waals surface area contributed by atoms with Crippen LogP contribution < -0.4 is 10.1 Å². The standard InChI is InChI=1S/C19H20N4O3S/c1-25-14-6-4-5-13(11-14)18-21-22-19(27-18)20-17(24)16-8-7-15(26-16)12-23-9-2-3-10-23/h4-8,11H,2-3,9-10,12H2,1H3,(H,20,22,24). The van der Waals surface area contributed by atoms with Crippen molar-refractivity contribution in [2.75, 3.05) is 25.5 Å². The number of likely N-dealkylation sites (tertiary alicyclic amines) is 1. The van der Waals surface area contributed by atoms with E-state index in [0.717, 1.165) is 36.7 Å². The third kappa shape index (κ3) is 4.17. The minimum Gasteiger partial charge on any atom is -0.497 e. The Bertz CT molecular complexity index is 930. The predicted octanol–water partition coefficient (Wildman–Crippen LogP) is 3.65. The normalized spacial score (nSPS) is 14.4. The first kappa shape index (κ1) is 17.7. The number of methoxy groups -OCH3 is 1. The van der Waals surface area contributed by atoms with E-state index in [0.29, 0.717) is 10.1 Å². The van der Waals surface area contributed by atoms with Crippen molar-refractivity contribution in [1.82, 2.24) is 15.1 Å². The van der Waals surface area contributed by atoms with E-state index >= 15 is 0 Å². The van der Waals surface area contributed by atoms with Crippen molar-refractivity contribution in [2.45, 2.75) is 19.4 Å². The number of rotatable bonds is 6. The smallest absolute Gasteiger partial charge is 0.293 e. The fraction of sp³-hybridized carbons (Fsp3) is 0.316. The first-order valence-corrected chi connectivity index (χ1v) is 9.63. The van der Waals surface area contributed by atoms with Gasteiger partial charge in [-0.15, -0.1) is 10.2 Å². The van der Waals surface area contributed by atoms with Crippen LogP contribution in [-0.2, 0) is 6.54 Å². The second kappa shape index (κ2) is 7.89. The highest BCUT2D eigenvalue weighted by molar-refractivity contribution is 7.18. The van der Waals surface area contributed by atoms with Crippen molar-refractivity contribution in [1.29, 1.82) is 0 Å². The molecule has 0 spiro atoms. The maximum atomic E-state index is 12.4. The Hall–Kier alpha value is -2.71. The number of amides is 1. The van der Waals surface area contributed by atoms with Crippen LogP contribution in [0.2, 0.25) is 0 Å². The molecule has 0 bridgehead atoms. The zero-order valence-corrected chi connectivity index (χ0v) is 15.8. The van der Waals surface area contributed by atoms with Crippen LogP contribution in [0.4, 0.5) is 5.13 Å². The number of anilines is 1. The van der Waals surface area contributed by atoms with E-state index in [9.17, 15) is 4.79 Å². The number of aromatic nitrogens is 2. The molecule has 27 heavy (non-hydrogen) atoms. The second-order valence-corrected chi connectivity index (χ2v) is 7.33. The van der Waals surface area contributed by atoms with E-state index in [1.165, 1.54) is 24.2 Å². The second-order valence-electron chi connectivity index (χ2n) is 6.35. The Kier molecular flexibility index (Phi) is 5.17. The lowest BCUT2D eigenvalue weighted by molar-refractivity contribution is 0.0993. The number of carbonyl (C=O) groups is 1. The van der Waals surface area contributed by atoms with Crippen molar-refractivity contribution in [3.63, 3.8) is 0 Å². The number of hydrogen-bond acceptors (Lipinski definition) is 7. The maximum absolute atomic E-state index is 12.4. The van der Waals surface area contributed by atoms with Gasteiger partial charge in [-0.1, -0.05) is 23.5 Å². The Morgan fingerprint density at radius 1 is 1.26 bits per heavy atom. The van der Waals surface area contributed by atoms with Crippen LogP contribution in [0.5, 0.6) is 5.75 Å². The molecule has 1 N–H and O–H groups in total. The molecule has 0 saturated carbocycles. The third-order valence-electron chi connectivity index (χ3n) is 4.43. The number of nitrogens with zero attached hydrogens (tertiary/aromatic N) is 3. The molecule has 1 amide bonds. The van der Waals surface area contributed by atoms with Gasteiger partial charge in [0.25, 0.3) is 5.91 Å². The molecular formula is C19H20N4O3S. The predicted molar refractivity (Wildman–Crippen MR) is 103 cm³/mol. The van der Waals surface area contributed by atoms with Crippen molar-refractivity contribution in [3.8, 4) is 16.3 Å². The average Bonchev–Trinajstić information content (AvgIpc) is 3.44. The molecule has 0 radical (unpaired) electrons. The van der Waals surface area contributed by atoms with Gasteiger partial charge in [-0.25, -0.2) is 0 Å². The minimum atomic E-state index is -0.323. The molecule has 0 atom stereocenters. The molecule has 3 aromatic rings. The molecule has 1 aliphatic heterocycles. The lowest BCUT2D eigenvalue weighted by Gasteiger charge is -2.11. The zero-order valence-electron chi connectivity index (χ0n) is 15.0. The Labute approximate surface area is 161 Å². The van der Waals surface area contributed by atoms with Crippen molar-refractivity contribution < 1.29 is 13.9 Å². The van der Waals surface area contributed by atoms with Crippen LogP contribution in [0.1, 0.15) is 29.2 Å². The molecule has 4 rings (SSSR count). The van der Waals surface area contributed by atoms with Gasteiger partial charge in [0.05, 0.1) is 13.7 Å².